The maximum Gasteiger partial charge on any atom is 0.253 e. The molecular weight excluding hydrogens is 188 g/mol. The molecule has 0 spiro atoms. The Labute approximate surface area is 80.1 Å². The van der Waals surface area contributed by atoms with Crippen molar-refractivity contribution in [1.82, 2.24) is 14.9 Å². The van der Waals surface area contributed by atoms with E-state index in [-0.39, 0.29) is 10.3 Å². The summed E-state index contributed by atoms with van der Waals surface area (Å²) >= 11 is 4.77. The molecule has 0 atom stereocenters. The van der Waals surface area contributed by atoms with Crippen LogP contribution < -0.4 is 5.56 Å². The van der Waals surface area contributed by atoms with E-state index in [0.29, 0.717) is 5.82 Å². The smallest absolute Gasteiger partial charge is 0.253 e. The Morgan fingerprint density at radius 3 is 2.77 bits per heavy atom. The molecule has 2 N–H and O–H groups in total. The number of rotatable bonds is 2. The summed E-state index contributed by atoms with van der Waals surface area (Å²) in [5, 5.41) is 0. The lowest BCUT2D eigenvalue weighted by molar-refractivity contribution is 0.643. The Bertz CT molecular complexity index is 389. The van der Waals surface area contributed by atoms with Gasteiger partial charge in [-0.3, -0.25) is 9.78 Å². The van der Waals surface area contributed by atoms with E-state index in [2.05, 4.69) is 15.0 Å². The monoisotopic (exact) mass is 198 g/mol. The first-order valence-electron chi connectivity index (χ1n) is 3.62. The van der Waals surface area contributed by atoms with E-state index in [0.717, 1.165) is 0 Å². The van der Waals surface area contributed by atoms with Crippen molar-refractivity contribution in [2.24, 2.45) is 4.99 Å². The average molecular weight is 198 g/mol. The van der Waals surface area contributed by atoms with Crippen LogP contribution >= 0.6 is 12.2 Å². The number of aromatic nitrogens is 2. The summed E-state index contributed by atoms with van der Waals surface area (Å²) in [6.07, 6.45) is 1.58. The van der Waals surface area contributed by atoms with Crippen LogP contribution in [-0.4, -0.2) is 35.3 Å². The van der Waals surface area contributed by atoms with Crippen LogP contribution in [0, 0.1) is 4.77 Å². The third-order valence-corrected chi connectivity index (χ3v) is 1.38. The van der Waals surface area contributed by atoms with Gasteiger partial charge in [-0.05, 0) is 12.2 Å². The fourth-order valence-electron chi connectivity index (χ4n) is 0.703. The lowest BCUT2D eigenvalue weighted by atomic mass is 10.6. The van der Waals surface area contributed by atoms with Gasteiger partial charge in [-0.2, -0.15) is 0 Å². The molecule has 0 radical (unpaired) electrons. The SMILES string of the molecule is CN(C)/C=N\c1cc(=O)[nH]c(=S)[nH]1. The van der Waals surface area contributed by atoms with E-state index in [4.69, 9.17) is 12.2 Å². The number of nitrogens with one attached hydrogen (secondary N) is 2. The summed E-state index contributed by atoms with van der Waals surface area (Å²) in [5.74, 6) is 0.447. The fraction of sp³-hybridized carbons (Fsp3) is 0.286. The molecule has 1 rings (SSSR count). The van der Waals surface area contributed by atoms with Gasteiger partial charge < -0.3 is 9.88 Å². The molecule has 13 heavy (non-hydrogen) atoms. The molecule has 0 saturated carbocycles. The van der Waals surface area contributed by atoms with Crippen molar-refractivity contribution in [2.45, 2.75) is 0 Å². The Morgan fingerprint density at radius 2 is 2.23 bits per heavy atom. The van der Waals surface area contributed by atoms with Gasteiger partial charge in [0.2, 0.25) is 0 Å². The second kappa shape index (κ2) is 3.99. The normalized spacial score (nSPS) is 10.6. The molecule has 1 aromatic heterocycles. The van der Waals surface area contributed by atoms with Crippen LogP contribution in [-0.2, 0) is 0 Å². The molecule has 0 bridgehead atoms. The van der Waals surface area contributed by atoms with Crippen molar-refractivity contribution in [3.05, 3.63) is 21.2 Å². The number of hydrogen-bond acceptors (Lipinski definition) is 3. The number of nitrogens with zero attached hydrogens (tertiary/aromatic N) is 2. The molecule has 6 heteroatoms. The molecule has 0 amide bonds. The van der Waals surface area contributed by atoms with Crippen LogP contribution in [0.1, 0.15) is 0 Å². The summed E-state index contributed by atoms with van der Waals surface area (Å²) in [6.45, 7) is 0. The lowest BCUT2D eigenvalue weighted by Gasteiger charge is -2.01. The number of aromatic amines is 2. The third kappa shape index (κ3) is 3.20. The summed E-state index contributed by atoms with van der Waals surface area (Å²) in [7, 11) is 3.68. The van der Waals surface area contributed by atoms with Crippen molar-refractivity contribution in [3.63, 3.8) is 0 Å². The summed E-state index contributed by atoms with van der Waals surface area (Å²) in [4.78, 5) is 21.8. The number of hydrogen-bond donors (Lipinski definition) is 2. The van der Waals surface area contributed by atoms with E-state index >= 15 is 0 Å². The predicted octanol–water partition coefficient (Wildman–Crippen LogP) is 0.654. The van der Waals surface area contributed by atoms with E-state index in [1.165, 1.54) is 6.07 Å². The Hall–Kier alpha value is -1.43. The molecule has 0 aliphatic carbocycles. The summed E-state index contributed by atoms with van der Waals surface area (Å²) in [5.41, 5.74) is -0.255. The van der Waals surface area contributed by atoms with E-state index < -0.39 is 0 Å². The topological polar surface area (TPSA) is 64.2 Å². The van der Waals surface area contributed by atoms with Crippen LogP contribution in [0.4, 0.5) is 5.82 Å². The van der Waals surface area contributed by atoms with Crippen molar-refractivity contribution in [2.75, 3.05) is 14.1 Å². The molecule has 0 aliphatic rings. The Balaban J connectivity index is 3.03. The van der Waals surface area contributed by atoms with Crippen LogP contribution in [0.25, 0.3) is 0 Å². The minimum atomic E-state index is -0.255. The van der Waals surface area contributed by atoms with E-state index in [1.807, 2.05) is 14.1 Å². The van der Waals surface area contributed by atoms with Gasteiger partial charge >= 0.3 is 0 Å². The summed E-state index contributed by atoms with van der Waals surface area (Å²) < 4.78 is 0.276. The van der Waals surface area contributed by atoms with Gasteiger partial charge in [-0.1, -0.05) is 0 Å². The molecule has 0 aromatic carbocycles. The van der Waals surface area contributed by atoms with Crippen molar-refractivity contribution < 1.29 is 0 Å². The first kappa shape index (κ1) is 9.66. The predicted molar refractivity (Wildman–Crippen MR) is 54.1 cm³/mol. The molecule has 70 valence electrons. The quantitative estimate of drug-likeness (QED) is 0.416. The highest BCUT2D eigenvalue weighted by Crippen LogP contribution is 1.99. The van der Waals surface area contributed by atoms with Crippen molar-refractivity contribution in [1.29, 1.82) is 0 Å². The minimum Gasteiger partial charge on any atom is -0.369 e. The van der Waals surface area contributed by atoms with Crippen LogP contribution in [0.15, 0.2) is 15.9 Å². The highest BCUT2D eigenvalue weighted by atomic mass is 32.1. The number of H-pyrrole nitrogens is 2. The van der Waals surface area contributed by atoms with E-state index in [1.54, 1.807) is 11.2 Å². The molecule has 5 nitrogen and oxygen atoms in total. The van der Waals surface area contributed by atoms with Gasteiger partial charge in [0.05, 0.1) is 6.34 Å². The minimum absolute atomic E-state index is 0.255. The molecule has 0 saturated heterocycles. The Kier molecular flexibility index (Phi) is 2.97. The van der Waals surface area contributed by atoms with Gasteiger partial charge in [0.25, 0.3) is 5.56 Å². The largest absolute Gasteiger partial charge is 0.369 e. The van der Waals surface area contributed by atoms with Gasteiger partial charge in [0.1, 0.15) is 5.82 Å². The zero-order valence-electron chi connectivity index (χ0n) is 7.37. The lowest BCUT2D eigenvalue weighted by Crippen LogP contribution is -2.08. The molecule has 0 aliphatic heterocycles. The zero-order valence-corrected chi connectivity index (χ0v) is 8.18. The fourth-order valence-corrected chi connectivity index (χ4v) is 0.908. The van der Waals surface area contributed by atoms with Crippen LogP contribution in [0.2, 0.25) is 0 Å². The van der Waals surface area contributed by atoms with Crippen LogP contribution in [0.3, 0.4) is 0 Å². The van der Waals surface area contributed by atoms with Crippen molar-refractivity contribution >= 4 is 24.4 Å². The Morgan fingerprint density at radius 1 is 1.54 bits per heavy atom. The number of aliphatic imine (C=N–C) groups is 1. The molecule has 0 fully saturated rings. The van der Waals surface area contributed by atoms with Gasteiger partial charge in [-0.15, -0.1) is 0 Å². The molecule has 0 unspecified atom stereocenters. The van der Waals surface area contributed by atoms with Crippen molar-refractivity contribution in [3.8, 4) is 0 Å². The maximum absolute atomic E-state index is 10.9. The maximum atomic E-state index is 10.9. The average Bonchev–Trinajstić information content (AvgIpc) is 1.99. The summed E-state index contributed by atoms with van der Waals surface area (Å²) in [6, 6.07) is 1.34. The van der Waals surface area contributed by atoms with Gasteiger partial charge in [0, 0.05) is 20.2 Å². The first-order chi connectivity index (χ1) is 6.08. The second-order valence-electron chi connectivity index (χ2n) is 2.68. The molecule has 1 aromatic rings. The highest BCUT2D eigenvalue weighted by molar-refractivity contribution is 7.71. The highest BCUT2D eigenvalue weighted by Gasteiger charge is 1.90. The standard InChI is InChI=1S/C7H10N4OS/c1-11(2)4-8-5-3-6(12)10-7(13)9-5/h3-4H,1-2H3,(H2,9,10,12,13)/b8-4-. The van der Waals surface area contributed by atoms with Gasteiger partial charge in [0.15, 0.2) is 4.77 Å². The van der Waals surface area contributed by atoms with Gasteiger partial charge in [-0.25, -0.2) is 4.99 Å². The van der Waals surface area contributed by atoms with E-state index in [9.17, 15) is 4.79 Å². The molecular formula is C7H10N4OS. The first-order valence-corrected chi connectivity index (χ1v) is 4.03. The third-order valence-electron chi connectivity index (χ3n) is 1.17. The zero-order chi connectivity index (χ0) is 9.84. The second-order valence-corrected chi connectivity index (χ2v) is 3.09. The van der Waals surface area contributed by atoms with Crippen LogP contribution in [0.5, 0.6) is 0 Å². The molecule has 1 heterocycles.